The molecule has 1 aliphatic rings. The first-order valence-electron chi connectivity index (χ1n) is 6.98. The summed E-state index contributed by atoms with van der Waals surface area (Å²) in [5.41, 5.74) is 0. The van der Waals surface area contributed by atoms with Crippen molar-refractivity contribution in [3.63, 3.8) is 0 Å². The molecule has 1 heteroatoms. The Bertz CT molecular complexity index is 526. The molecular weight excluding hydrogens is 236 g/mol. The Kier molecular flexibility index (Phi) is 3.60. The minimum Gasteiger partial charge on any atom is -0.0616 e. The molecule has 0 heterocycles. The average Bonchev–Trinajstić information content (AvgIpc) is 2.47. The molecule has 1 unspecified atom stereocenters. The SMILES string of the molecule is C[S+](c1ccc2ccccc2c1)C1CCCCC1. The van der Waals surface area contributed by atoms with Crippen LogP contribution in [0.4, 0.5) is 0 Å². The topological polar surface area (TPSA) is 0 Å². The van der Waals surface area contributed by atoms with Gasteiger partial charge in [-0.25, -0.2) is 0 Å². The summed E-state index contributed by atoms with van der Waals surface area (Å²) in [6.07, 6.45) is 9.65. The van der Waals surface area contributed by atoms with Crippen LogP contribution in [0.5, 0.6) is 0 Å². The van der Waals surface area contributed by atoms with Crippen molar-refractivity contribution < 1.29 is 0 Å². The normalized spacial score (nSPS) is 18.9. The maximum atomic E-state index is 2.44. The highest BCUT2D eigenvalue weighted by Crippen LogP contribution is 2.30. The Morgan fingerprint density at radius 2 is 1.61 bits per heavy atom. The summed E-state index contributed by atoms with van der Waals surface area (Å²) >= 11 is 0. The molecule has 0 aliphatic heterocycles. The number of hydrogen-bond donors (Lipinski definition) is 0. The molecular formula is C17H21S+. The molecule has 1 fully saturated rings. The predicted molar refractivity (Wildman–Crippen MR) is 82.4 cm³/mol. The molecule has 18 heavy (non-hydrogen) atoms. The number of rotatable bonds is 2. The van der Waals surface area contributed by atoms with Gasteiger partial charge in [0.05, 0.1) is 0 Å². The Morgan fingerprint density at radius 3 is 2.39 bits per heavy atom. The van der Waals surface area contributed by atoms with Gasteiger partial charge >= 0.3 is 0 Å². The monoisotopic (exact) mass is 257 g/mol. The molecule has 0 spiro atoms. The highest BCUT2D eigenvalue weighted by molar-refractivity contribution is 7.96. The van der Waals surface area contributed by atoms with Crippen LogP contribution >= 0.6 is 0 Å². The van der Waals surface area contributed by atoms with E-state index >= 15 is 0 Å². The Balaban J connectivity index is 1.88. The second-order valence-corrected chi connectivity index (χ2v) is 7.58. The molecule has 3 rings (SSSR count). The van der Waals surface area contributed by atoms with Crippen LogP contribution in [-0.4, -0.2) is 11.5 Å². The van der Waals surface area contributed by atoms with Crippen molar-refractivity contribution in [3.05, 3.63) is 42.5 Å². The summed E-state index contributed by atoms with van der Waals surface area (Å²) in [5.74, 6) is 0. The molecule has 0 saturated heterocycles. The van der Waals surface area contributed by atoms with Gasteiger partial charge in [-0.1, -0.05) is 30.7 Å². The second-order valence-electron chi connectivity index (χ2n) is 5.33. The summed E-state index contributed by atoms with van der Waals surface area (Å²) in [4.78, 5) is 1.56. The van der Waals surface area contributed by atoms with E-state index in [0.29, 0.717) is 10.9 Å². The van der Waals surface area contributed by atoms with Crippen LogP contribution in [0.25, 0.3) is 10.8 Å². The molecule has 2 aromatic carbocycles. The first-order chi connectivity index (χ1) is 8.84. The fraction of sp³-hybridized carbons (Fsp3) is 0.412. The average molecular weight is 257 g/mol. The third kappa shape index (κ3) is 2.42. The van der Waals surface area contributed by atoms with Gasteiger partial charge in [-0.3, -0.25) is 0 Å². The molecule has 0 amide bonds. The predicted octanol–water partition coefficient (Wildman–Crippen LogP) is 4.78. The minimum absolute atomic E-state index is 0.424. The van der Waals surface area contributed by atoms with Crippen molar-refractivity contribution in [1.82, 2.24) is 0 Å². The van der Waals surface area contributed by atoms with E-state index in [1.807, 2.05) is 0 Å². The molecule has 1 atom stereocenters. The van der Waals surface area contributed by atoms with Crippen molar-refractivity contribution in [2.24, 2.45) is 0 Å². The van der Waals surface area contributed by atoms with E-state index < -0.39 is 0 Å². The van der Waals surface area contributed by atoms with E-state index in [9.17, 15) is 0 Å². The van der Waals surface area contributed by atoms with Crippen LogP contribution in [0.15, 0.2) is 47.4 Å². The van der Waals surface area contributed by atoms with Crippen LogP contribution in [0.1, 0.15) is 32.1 Å². The maximum absolute atomic E-state index is 2.44. The highest BCUT2D eigenvalue weighted by Gasteiger charge is 2.29. The van der Waals surface area contributed by atoms with Crippen LogP contribution in [0, 0.1) is 0 Å². The summed E-state index contributed by atoms with van der Waals surface area (Å²) < 4.78 is 0. The number of benzene rings is 2. The fourth-order valence-electron chi connectivity index (χ4n) is 2.98. The van der Waals surface area contributed by atoms with E-state index in [1.165, 1.54) is 42.9 Å². The van der Waals surface area contributed by atoms with Gasteiger partial charge in [-0.2, -0.15) is 0 Å². The van der Waals surface area contributed by atoms with Gasteiger partial charge in [0.2, 0.25) is 0 Å². The summed E-state index contributed by atoms with van der Waals surface area (Å²) in [7, 11) is 0.424. The Hall–Kier alpha value is -0.950. The summed E-state index contributed by atoms with van der Waals surface area (Å²) in [6, 6.07) is 15.7. The smallest absolute Gasteiger partial charge is 0.0616 e. The van der Waals surface area contributed by atoms with Gasteiger partial charge in [0.25, 0.3) is 0 Å². The third-order valence-corrected chi connectivity index (χ3v) is 6.61. The van der Waals surface area contributed by atoms with Gasteiger partial charge in [0, 0.05) is 17.0 Å². The van der Waals surface area contributed by atoms with Gasteiger partial charge in [-0.15, -0.1) is 0 Å². The number of fused-ring (bicyclic) bond motifs is 1. The molecule has 94 valence electrons. The summed E-state index contributed by atoms with van der Waals surface area (Å²) in [5, 5.41) is 3.69. The van der Waals surface area contributed by atoms with E-state index in [1.54, 1.807) is 4.90 Å². The van der Waals surface area contributed by atoms with Gasteiger partial charge in [0.1, 0.15) is 11.5 Å². The van der Waals surface area contributed by atoms with E-state index in [4.69, 9.17) is 0 Å². The van der Waals surface area contributed by atoms with Crippen molar-refractivity contribution in [3.8, 4) is 0 Å². The zero-order valence-corrected chi connectivity index (χ0v) is 11.9. The van der Waals surface area contributed by atoms with Crippen molar-refractivity contribution in [1.29, 1.82) is 0 Å². The zero-order valence-electron chi connectivity index (χ0n) is 11.1. The Labute approximate surface area is 113 Å². The lowest BCUT2D eigenvalue weighted by atomic mass is 10.0. The molecule has 0 radical (unpaired) electrons. The molecule has 0 N–H and O–H groups in total. The molecule has 1 saturated carbocycles. The van der Waals surface area contributed by atoms with E-state index in [-0.39, 0.29) is 0 Å². The second kappa shape index (κ2) is 5.36. The van der Waals surface area contributed by atoms with Crippen molar-refractivity contribution >= 4 is 21.7 Å². The van der Waals surface area contributed by atoms with Crippen LogP contribution in [-0.2, 0) is 10.9 Å². The minimum atomic E-state index is 0.424. The molecule has 2 aromatic rings. The molecule has 0 bridgehead atoms. The number of hydrogen-bond acceptors (Lipinski definition) is 0. The third-order valence-electron chi connectivity index (χ3n) is 4.14. The lowest BCUT2D eigenvalue weighted by Gasteiger charge is -2.20. The lowest BCUT2D eigenvalue weighted by molar-refractivity contribution is 0.513. The standard InChI is InChI=1S/C17H21S/c1-18(16-9-3-2-4-10-16)17-12-11-14-7-5-6-8-15(14)13-17/h5-8,11-13,16H,2-4,9-10H2,1H3/q+1. The maximum Gasteiger partial charge on any atom is 0.155 e. The quantitative estimate of drug-likeness (QED) is 0.679. The molecule has 0 aromatic heterocycles. The lowest BCUT2D eigenvalue weighted by Crippen LogP contribution is -2.23. The molecule has 1 aliphatic carbocycles. The fourth-order valence-corrected chi connectivity index (χ4v) is 5.00. The van der Waals surface area contributed by atoms with E-state index in [0.717, 1.165) is 5.25 Å². The van der Waals surface area contributed by atoms with Gasteiger partial charge in [-0.05, 0) is 48.6 Å². The van der Waals surface area contributed by atoms with E-state index in [2.05, 4.69) is 48.7 Å². The van der Waals surface area contributed by atoms with Gasteiger partial charge < -0.3 is 0 Å². The largest absolute Gasteiger partial charge is 0.155 e. The highest BCUT2D eigenvalue weighted by atomic mass is 32.2. The first-order valence-corrected chi connectivity index (χ1v) is 8.68. The molecule has 0 nitrogen and oxygen atoms in total. The van der Waals surface area contributed by atoms with Gasteiger partial charge in [0.15, 0.2) is 4.90 Å². The Morgan fingerprint density at radius 1 is 0.889 bits per heavy atom. The van der Waals surface area contributed by atoms with Crippen LogP contribution in [0.2, 0.25) is 0 Å². The summed E-state index contributed by atoms with van der Waals surface area (Å²) in [6.45, 7) is 0. The first kappa shape index (κ1) is 12.1. The zero-order chi connectivity index (χ0) is 12.4. The van der Waals surface area contributed by atoms with Crippen LogP contribution < -0.4 is 0 Å². The van der Waals surface area contributed by atoms with Crippen molar-refractivity contribution in [2.75, 3.05) is 6.26 Å². The van der Waals surface area contributed by atoms with Crippen molar-refractivity contribution in [2.45, 2.75) is 42.2 Å². The van der Waals surface area contributed by atoms with Crippen LogP contribution in [0.3, 0.4) is 0 Å².